The molecule has 0 bridgehead atoms. The lowest BCUT2D eigenvalue weighted by atomic mass is 10.0. The molecular formula is C16H21NO2. The number of aliphatic hydroxyl groups excluding tert-OH is 1. The van der Waals surface area contributed by atoms with E-state index < -0.39 is 0 Å². The normalized spacial score (nSPS) is 11.6. The van der Waals surface area contributed by atoms with Gasteiger partial charge in [0.1, 0.15) is 6.61 Å². The van der Waals surface area contributed by atoms with Crippen LogP contribution in [0.2, 0.25) is 0 Å². The average Bonchev–Trinajstić information content (AvgIpc) is 2.42. The Kier molecular flexibility index (Phi) is 6.11. The van der Waals surface area contributed by atoms with E-state index in [-0.39, 0.29) is 18.6 Å². The zero-order valence-corrected chi connectivity index (χ0v) is 11.7. The fourth-order valence-electron chi connectivity index (χ4n) is 1.87. The van der Waals surface area contributed by atoms with E-state index in [2.05, 4.69) is 37.9 Å². The van der Waals surface area contributed by atoms with Gasteiger partial charge in [-0.3, -0.25) is 4.79 Å². The van der Waals surface area contributed by atoms with Crippen LogP contribution >= 0.6 is 0 Å². The first-order valence-electron chi connectivity index (χ1n) is 6.59. The standard InChI is InChI=1S/C16H21NO2/c1-4-15(12(2)3)17-16(19)14-9-5-7-13(11-14)8-6-10-18/h5,7,9,11-12,15,18H,4,10H2,1-3H3,(H,17,19). The molecule has 3 nitrogen and oxygen atoms in total. The summed E-state index contributed by atoms with van der Waals surface area (Å²) in [5.74, 6) is 5.71. The molecule has 19 heavy (non-hydrogen) atoms. The van der Waals surface area contributed by atoms with Gasteiger partial charge in [-0.25, -0.2) is 0 Å². The van der Waals surface area contributed by atoms with Crippen LogP contribution in [0.5, 0.6) is 0 Å². The van der Waals surface area contributed by atoms with Gasteiger partial charge < -0.3 is 10.4 Å². The van der Waals surface area contributed by atoms with Crippen LogP contribution in [-0.4, -0.2) is 23.7 Å². The van der Waals surface area contributed by atoms with E-state index in [4.69, 9.17) is 5.11 Å². The van der Waals surface area contributed by atoms with Gasteiger partial charge in [0.25, 0.3) is 5.91 Å². The van der Waals surface area contributed by atoms with E-state index in [1.54, 1.807) is 18.2 Å². The Hall–Kier alpha value is -1.79. The summed E-state index contributed by atoms with van der Waals surface area (Å²) in [5.41, 5.74) is 1.34. The van der Waals surface area contributed by atoms with Gasteiger partial charge in [0.15, 0.2) is 0 Å². The Labute approximate surface area is 115 Å². The maximum absolute atomic E-state index is 12.1. The molecule has 0 radical (unpaired) electrons. The van der Waals surface area contributed by atoms with E-state index in [9.17, 15) is 4.79 Å². The van der Waals surface area contributed by atoms with Gasteiger partial charge in [0.05, 0.1) is 0 Å². The lowest BCUT2D eigenvalue weighted by molar-refractivity contribution is 0.0924. The first-order chi connectivity index (χ1) is 9.08. The second-order valence-electron chi connectivity index (χ2n) is 4.77. The largest absolute Gasteiger partial charge is 0.384 e. The smallest absolute Gasteiger partial charge is 0.251 e. The SMILES string of the molecule is CCC(NC(=O)c1cccc(C#CCO)c1)C(C)C. The van der Waals surface area contributed by atoms with Crippen molar-refractivity contribution in [2.75, 3.05) is 6.61 Å². The summed E-state index contributed by atoms with van der Waals surface area (Å²) < 4.78 is 0. The third kappa shape index (κ3) is 4.76. The van der Waals surface area contributed by atoms with Gasteiger partial charge >= 0.3 is 0 Å². The molecular weight excluding hydrogens is 238 g/mol. The highest BCUT2D eigenvalue weighted by Gasteiger charge is 2.15. The minimum Gasteiger partial charge on any atom is -0.384 e. The van der Waals surface area contributed by atoms with Crippen molar-refractivity contribution >= 4 is 5.91 Å². The maximum atomic E-state index is 12.1. The highest BCUT2D eigenvalue weighted by atomic mass is 16.2. The van der Waals surface area contributed by atoms with Crippen LogP contribution in [0.15, 0.2) is 24.3 Å². The monoisotopic (exact) mass is 259 g/mol. The topological polar surface area (TPSA) is 49.3 Å². The summed E-state index contributed by atoms with van der Waals surface area (Å²) in [6.07, 6.45) is 0.910. The minimum absolute atomic E-state index is 0.0757. The number of amides is 1. The van der Waals surface area contributed by atoms with Crippen LogP contribution in [0, 0.1) is 17.8 Å². The molecule has 1 rings (SSSR count). The number of carbonyl (C=O) groups excluding carboxylic acids is 1. The van der Waals surface area contributed by atoms with Crippen LogP contribution in [0.3, 0.4) is 0 Å². The van der Waals surface area contributed by atoms with Crippen molar-refractivity contribution in [2.24, 2.45) is 5.92 Å². The zero-order chi connectivity index (χ0) is 14.3. The third-order valence-corrected chi connectivity index (χ3v) is 3.00. The second kappa shape index (κ2) is 7.60. The summed E-state index contributed by atoms with van der Waals surface area (Å²) in [4.78, 5) is 12.1. The quantitative estimate of drug-likeness (QED) is 0.814. The molecule has 1 aromatic rings. The van der Waals surface area contributed by atoms with Crippen molar-refractivity contribution in [1.82, 2.24) is 5.32 Å². The minimum atomic E-state index is -0.179. The molecule has 0 spiro atoms. The number of nitrogens with one attached hydrogen (secondary N) is 1. The molecule has 1 aromatic carbocycles. The summed E-state index contributed by atoms with van der Waals surface area (Å²) in [7, 11) is 0. The summed E-state index contributed by atoms with van der Waals surface area (Å²) in [6.45, 7) is 6.07. The van der Waals surface area contributed by atoms with Crippen LogP contribution in [-0.2, 0) is 0 Å². The predicted octanol–water partition coefficient (Wildman–Crippen LogP) is 2.19. The fraction of sp³-hybridized carbons (Fsp3) is 0.438. The van der Waals surface area contributed by atoms with Crippen molar-refractivity contribution < 1.29 is 9.90 Å². The van der Waals surface area contributed by atoms with Crippen molar-refractivity contribution in [1.29, 1.82) is 0 Å². The number of aliphatic hydroxyl groups is 1. The van der Waals surface area contributed by atoms with Crippen LogP contribution in [0.25, 0.3) is 0 Å². The lowest BCUT2D eigenvalue weighted by Gasteiger charge is -2.20. The van der Waals surface area contributed by atoms with Crippen molar-refractivity contribution in [3.05, 3.63) is 35.4 Å². The molecule has 1 amide bonds. The predicted molar refractivity (Wildman–Crippen MR) is 76.8 cm³/mol. The highest BCUT2D eigenvalue weighted by Crippen LogP contribution is 2.09. The summed E-state index contributed by atoms with van der Waals surface area (Å²) in [6, 6.07) is 7.31. The van der Waals surface area contributed by atoms with Crippen molar-refractivity contribution in [2.45, 2.75) is 33.2 Å². The first kappa shape index (κ1) is 15.3. The summed E-state index contributed by atoms with van der Waals surface area (Å²) in [5, 5.41) is 11.7. The molecule has 0 aliphatic rings. The van der Waals surface area contributed by atoms with Gasteiger partial charge in [0.2, 0.25) is 0 Å². The van der Waals surface area contributed by atoms with E-state index in [0.717, 1.165) is 12.0 Å². The van der Waals surface area contributed by atoms with Crippen molar-refractivity contribution in [3.63, 3.8) is 0 Å². The molecule has 0 saturated carbocycles. The molecule has 102 valence electrons. The maximum Gasteiger partial charge on any atom is 0.251 e. The molecule has 0 fully saturated rings. The molecule has 0 aliphatic carbocycles. The number of carbonyl (C=O) groups is 1. The molecule has 0 heterocycles. The summed E-state index contributed by atoms with van der Waals surface area (Å²) >= 11 is 0. The lowest BCUT2D eigenvalue weighted by Crippen LogP contribution is -2.38. The van der Waals surface area contributed by atoms with E-state index >= 15 is 0 Å². The van der Waals surface area contributed by atoms with Crippen molar-refractivity contribution in [3.8, 4) is 11.8 Å². The van der Waals surface area contributed by atoms with E-state index in [1.165, 1.54) is 0 Å². The average molecular weight is 259 g/mol. The van der Waals surface area contributed by atoms with Gasteiger partial charge in [-0.2, -0.15) is 0 Å². The third-order valence-electron chi connectivity index (χ3n) is 3.00. The molecule has 0 aromatic heterocycles. The van der Waals surface area contributed by atoms with Gasteiger partial charge in [0, 0.05) is 17.2 Å². The van der Waals surface area contributed by atoms with Gasteiger partial charge in [-0.15, -0.1) is 0 Å². The van der Waals surface area contributed by atoms with Crippen LogP contribution in [0.4, 0.5) is 0 Å². The van der Waals surface area contributed by atoms with Crippen LogP contribution < -0.4 is 5.32 Å². The first-order valence-corrected chi connectivity index (χ1v) is 6.59. The molecule has 0 saturated heterocycles. The number of hydrogen-bond donors (Lipinski definition) is 2. The molecule has 0 aliphatic heterocycles. The number of hydrogen-bond acceptors (Lipinski definition) is 2. The number of rotatable bonds is 4. The Balaban J connectivity index is 2.82. The van der Waals surface area contributed by atoms with E-state index in [0.29, 0.717) is 11.5 Å². The Bertz CT molecular complexity index is 483. The second-order valence-corrected chi connectivity index (χ2v) is 4.77. The molecule has 2 N–H and O–H groups in total. The Morgan fingerprint density at radius 3 is 2.74 bits per heavy atom. The Morgan fingerprint density at radius 2 is 2.16 bits per heavy atom. The van der Waals surface area contributed by atoms with Gasteiger partial charge in [-0.05, 0) is 30.5 Å². The Morgan fingerprint density at radius 1 is 1.42 bits per heavy atom. The fourth-order valence-corrected chi connectivity index (χ4v) is 1.87. The molecule has 1 atom stereocenters. The molecule has 3 heteroatoms. The highest BCUT2D eigenvalue weighted by molar-refractivity contribution is 5.94. The zero-order valence-electron chi connectivity index (χ0n) is 11.7. The number of benzene rings is 1. The van der Waals surface area contributed by atoms with Crippen LogP contribution in [0.1, 0.15) is 43.1 Å². The van der Waals surface area contributed by atoms with E-state index in [1.807, 2.05) is 6.07 Å². The molecule has 1 unspecified atom stereocenters. The van der Waals surface area contributed by atoms with Gasteiger partial charge in [-0.1, -0.05) is 38.7 Å².